The number of aryl methyl sites for hydroxylation is 1. The molecular formula is C12H13NO3. The number of carboxylic acid groups (broad SMARTS) is 1. The molecule has 0 radical (unpaired) electrons. The number of hydrogen-bond acceptors (Lipinski definition) is 3. The SMILES string of the molecule is Cc1ccc(C2=NO[C@@](C)(C(=O)O)C2)cc1. The van der Waals surface area contributed by atoms with Crippen LogP contribution in [0.4, 0.5) is 0 Å². The van der Waals surface area contributed by atoms with Crippen LogP contribution in [-0.4, -0.2) is 22.4 Å². The number of oxime groups is 1. The molecule has 1 N–H and O–H groups in total. The minimum Gasteiger partial charge on any atom is -0.478 e. The Kier molecular flexibility index (Phi) is 2.42. The second kappa shape index (κ2) is 3.63. The number of carbonyl (C=O) groups is 1. The Hall–Kier alpha value is -1.84. The van der Waals surface area contributed by atoms with Gasteiger partial charge in [-0.15, -0.1) is 0 Å². The van der Waals surface area contributed by atoms with Crippen LogP contribution < -0.4 is 0 Å². The molecule has 0 saturated carbocycles. The van der Waals surface area contributed by atoms with Crippen LogP contribution in [0.5, 0.6) is 0 Å². The third-order valence-corrected chi connectivity index (χ3v) is 2.70. The van der Waals surface area contributed by atoms with Gasteiger partial charge >= 0.3 is 5.97 Å². The van der Waals surface area contributed by atoms with Gasteiger partial charge in [-0.1, -0.05) is 35.0 Å². The highest BCUT2D eigenvalue weighted by atomic mass is 16.7. The first-order chi connectivity index (χ1) is 7.51. The summed E-state index contributed by atoms with van der Waals surface area (Å²) in [7, 11) is 0. The Balaban J connectivity index is 2.20. The maximum Gasteiger partial charge on any atom is 0.351 e. The molecule has 16 heavy (non-hydrogen) atoms. The second-order valence-corrected chi connectivity index (χ2v) is 4.21. The topological polar surface area (TPSA) is 58.9 Å². The molecule has 0 unspecified atom stereocenters. The molecule has 2 rings (SSSR count). The Morgan fingerprint density at radius 3 is 2.56 bits per heavy atom. The normalized spacial score (nSPS) is 23.8. The standard InChI is InChI=1S/C12H13NO3/c1-8-3-5-9(6-4-8)10-7-12(2,11(14)15)16-13-10/h3-6H,7H2,1-2H3,(H,14,15)/t12-/m1/s1. The molecule has 0 saturated heterocycles. The smallest absolute Gasteiger partial charge is 0.351 e. The molecule has 1 aliphatic heterocycles. The van der Waals surface area contributed by atoms with Crippen LogP contribution in [0.15, 0.2) is 29.4 Å². The van der Waals surface area contributed by atoms with Gasteiger partial charge in [-0.2, -0.15) is 0 Å². The van der Waals surface area contributed by atoms with E-state index in [9.17, 15) is 4.79 Å². The summed E-state index contributed by atoms with van der Waals surface area (Å²) in [6, 6.07) is 7.78. The third kappa shape index (κ3) is 1.78. The van der Waals surface area contributed by atoms with E-state index in [1.54, 1.807) is 0 Å². The number of nitrogens with zero attached hydrogens (tertiary/aromatic N) is 1. The monoisotopic (exact) mass is 219 g/mol. The Bertz CT molecular complexity index is 450. The van der Waals surface area contributed by atoms with Crippen molar-refractivity contribution >= 4 is 11.7 Å². The summed E-state index contributed by atoms with van der Waals surface area (Å²) in [4.78, 5) is 15.9. The predicted molar refractivity (Wildman–Crippen MR) is 59.5 cm³/mol. The summed E-state index contributed by atoms with van der Waals surface area (Å²) in [5.74, 6) is -0.988. The minimum absolute atomic E-state index is 0.297. The average molecular weight is 219 g/mol. The van der Waals surface area contributed by atoms with Gasteiger partial charge in [0.15, 0.2) is 0 Å². The largest absolute Gasteiger partial charge is 0.478 e. The van der Waals surface area contributed by atoms with Crippen LogP contribution >= 0.6 is 0 Å². The molecule has 0 amide bonds. The number of benzene rings is 1. The van der Waals surface area contributed by atoms with Crippen molar-refractivity contribution in [1.82, 2.24) is 0 Å². The summed E-state index contributed by atoms with van der Waals surface area (Å²) >= 11 is 0. The summed E-state index contributed by atoms with van der Waals surface area (Å²) < 4.78 is 0. The van der Waals surface area contributed by atoms with Gasteiger partial charge in [0.1, 0.15) is 0 Å². The molecule has 1 atom stereocenters. The van der Waals surface area contributed by atoms with Crippen LogP contribution in [0.25, 0.3) is 0 Å². The lowest BCUT2D eigenvalue weighted by Crippen LogP contribution is -2.35. The molecule has 4 nitrogen and oxygen atoms in total. The fourth-order valence-electron chi connectivity index (χ4n) is 1.56. The second-order valence-electron chi connectivity index (χ2n) is 4.21. The van der Waals surface area contributed by atoms with E-state index in [0.717, 1.165) is 11.1 Å². The highest BCUT2D eigenvalue weighted by Crippen LogP contribution is 2.26. The van der Waals surface area contributed by atoms with Gasteiger partial charge in [0.05, 0.1) is 5.71 Å². The molecule has 1 aliphatic rings. The van der Waals surface area contributed by atoms with Gasteiger partial charge < -0.3 is 9.94 Å². The van der Waals surface area contributed by atoms with Crippen molar-refractivity contribution in [3.63, 3.8) is 0 Å². The molecule has 0 aromatic heterocycles. The molecule has 0 spiro atoms. The van der Waals surface area contributed by atoms with Crippen LogP contribution in [-0.2, 0) is 9.63 Å². The summed E-state index contributed by atoms with van der Waals surface area (Å²) in [6.45, 7) is 3.53. The fourth-order valence-corrected chi connectivity index (χ4v) is 1.56. The Morgan fingerprint density at radius 2 is 2.06 bits per heavy atom. The summed E-state index contributed by atoms with van der Waals surface area (Å²) in [6.07, 6.45) is 0.297. The maximum atomic E-state index is 11.0. The predicted octanol–water partition coefficient (Wildman–Crippen LogP) is 1.96. The zero-order valence-electron chi connectivity index (χ0n) is 9.23. The first-order valence-electron chi connectivity index (χ1n) is 5.07. The van der Waals surface area contributed by atoms with Crippen molar-refractivity contribution in [3.8, 4) is 0 Å². The zero-order valence-corrected chi connectivity index (χ0v) is 9.23. The van der Waals surface area contributed by atoms with E-state index in [0.29, 0.717) is 12.1 Å². The van der Waals surface area contributed by atoms with E-state index >= 15 is 0 Å². The number of hydrogen-bond donors (Lipinski definition) is 1. The van der Waals surface area contributed by atoms with Gasteiger partial charge in [0.25, 0.3) is 0 Å². The van der Waals surface area contributed by atoms with E-state index in [1.807, 2.05) is 31.2 Å². The van der Waals surface area contributed by atoms with Crippen molar-refractivity contribution in [3.05, 3.63) is 35.4 Å². The molecule has 1 aromatic carbocycles. The van der Waals surface area contributed by atoms with Crippen LogP contribution in [0, 0.1) is 6.92 Å². The number of carboxylic acids is 1. The Labute approximate surface area is 93.5 Å². The van der Waals surface area contributed by atoms with Crippen molar-refractivity contribution in [2.45, 2.75) is 25.9 Å². The van der Waals surface area contributed by atoms with Gasteiger partial charge in [0, 0.05) is 6.42 Å². The molecule has 0 fully saturated rings. The summed E-state index contributed by atoms with van der Waals surface area (Å²) in [5.41, 5.74) is 1.53. The van der Waals surface area contributed by atoms with E-state index in [2.05, 4.69) is 5.16 Å². The Morgan fingerprint density at radius 1 is 1.44 bits per heavy atom. The molecule has 1 heterocycles. The molecule has 4 heteroatoms. The van der Waals surface area contributed by atoms with Crippen molar-refractivity contribution in [2.75, 3.05) is 0 Å². The highest BCUT2D eigenvalue weighted by Gasteiger charge is 2.42. The summed E-state index contributed by atoms with van der Waals surface area (Å²) in [5, 5.41) is 12.8. The van der Waals surface area contributed by atoms with Gasteiger partial charge in [0.2, 0.25) is 5.60 Å². The fraction of sp³-hybridized carbons (Fsp3) is 0.333. The lowest BCUT2D eigenvalue weighted by Gasteiger charge is -2.14. The quantitative estimate of drug-likeness (QED) is 0.827. The van der Waals surface area contributed by atoms with Crippen LogP contribution in [0.2, 0.25) is 0 Å². The maximum absolute atomic E-state index is 11.0. The number of rotatable bonds is 2. The third-order valence-electron chi connectivity index (χ3n) is 2.70. The van der Waals surface area contributed by atoms with Crippen LogP contribution in [0.3, 0.4) is 0 Å². The van der Waals surface area contributed by atoms with Crippen LogP contribution in [0.1, 0.15) is 24.5 Å². The van der Waals surface area contributed by atoms with Gasteiger partial charge in [-0.05, 0) is 19.4 Å². The number of aliphatic carboxylic acids is 1. The molecule has 1 aromatic rings. The zero-order chi connectivity index (χ0) is 11.8. The lowest BCUT2D eigenvalue weighted by atomic mass is 9.96. The van der Waals surface area contributed by atoms with E-state index in [1.165, 1.54) is 6.92 Å². The molecule has 0 aliphatic carbocycles. The molecular weight excluding hydrogens is 206 g/mol. The average Bonchev–Trinajstić information content (AvgIpc) is 2.63. The molecule has 0 bridgehead atoms. The first-order valence-corrected chi connectivity index (χ1v) is 5.07. The van der Waals surface area contributed by atoms with Gasteiger partial charge in [-0.25, -0.2) is 4.79 Å². The lowest BCUT2D eigenvalue weighted by molar-refractivity contribution is -0.160. The van der Waals surface area contributed by atoms with E-state index in [-0.39, 0.29) is 0 Å². The highest BCUT2D eigenvalue weighted by molar-refractivity contribution is 6.04. The van der Waals surface area contributed by atoms with Crippen molar-refractivity contribution < 1.29 is 14.7 Å². The minimum atomic E-state index is -1.22. The first kappa shape index (κ1) is 10.7. The van der Waals surface area contributed by atoms with E-state index in [4.69, 9.17) is 9.94 Å². The van der Waals surface area contributed by atoms with E-state index < -0.39 is 11.6 Å². The van der Waals surface area contributed by atoms with Gasteiger partial charge in [-0.3, -0.25) is 0 Å². The van der Waals surface area contributed by atoms with Crippen molar-refractivity contribution in [1.29, 1.82) is 0 Å². The molecule has 84 valence electrons. The van der Waals surface area contributed by atoms with Crippen molar-refractivity contribution in [2.24, 2.45) is 5.16 Å².